The third kappa shape index (κ3) is 5.56. The molecule has 2 N–H and O–H groups in total. The number of aryl methyl sites for hydroxylation is 3. The Morgan fingerprint density at radius 2 is 1.87 bits per heavy atom. The van der Waals surface area contributed by atoms with E-state index in [-0.39, 0.29) is 18.0 Å². The normalized spacial score (nSPS) is 16.8. The molecule has 0 spiro atoms. The van der Waals surface area contributed by atoms with E-state index >= 15 is 0 Å². The van der Waals surface area contributed by atoms with E-state index < -0.39 is 0 Å². The van der Waals surface area contributed by atoms with Crippen molar-refractivity contribution >= 4 is 40.5 Å². The van der Waals surface area contributed by atoms with Crippen LogP contribution in [0.25, 0.3) is 5.69 Å². The largest absolute Gasteiger partial charge is 0.352 e. The summed E-state index contributed by atoms with van der Waals surface area (Å²) in [5, 5.41) is 7.83. The number of nitrogens with one attached hydrogen (secondary N) is 2. The van der Waals surface area contributed by atoms with E-state index in [0.717, 1.165) is 45.1 Å². The number of anilines is 1. The zero-order chi connectivity index (χ0) is 27.7. The molecular formula is C31H32ClN5OS. The summed E-state index contributed by atoms with van der Waals surface area (Å²) in [6, 6.07) is 21.6. The summed E-state index contributed by atoms with van der Waals surface area (Å²) in [5.41, 5.74) is 8.32. The fourth-order valence-corrected chi connectivity index (χ4v) is 5.93. The average molecular weight is 558 g/mol. The highest BCUT2D eigenvalue weighted by Crippen LogP contribution is 2.41. The van der Waals surface area contributed by atoms with Gasteiger partial charge in [0.1, 0.15) is 0 Å². The van der Waals surface area contributed by atoms with Crippen LogP contribution >= 0.6 is 23.8 Å². The summed E-state index contributed by atoms with van der Waals surface area (Å²) in [5.74, 6) is -0.0524. The summed E-state index contributed by atoms with van der Waals surface area (Å²) < 4.78 is 2.25. The molecule has 1 amide bonds. The molecule has 2 aromatic heterocycles. The molecule has 3 heterocycles. The Kier molecular flexibility index (Phi) is 7.73. The highest BCUT2D eigenvalue weighted by atomic mass is 35.5. The van der Waals surface area contributed by atoms with Crippen molar-refractivity contribution in [2.75, 3.05) is 11.9 Å². The van der Waals surface area contributed by atoms with Crippen LogP contribution in [0, 0.1) is 27.7 Å². The Morgan fingerprint density at radius 1 is 1.05 bits per heavy atom. The number of thiocarbonyl (C=S) groups is 1. The second-order valence-electron chi connectivity index (χ2n) is 10.1. The zero-order valence-corrected chi connectivity index (χ0v) is 24.1. The topological polar surface area (TPSA) is 62.2 Å². The number of benzene rings is 2. The van der Waals surface area contributed by atoms with Gasteiger partial charge in [-0.3, -0.25) is 9.78 Å². The van der Waals surface area contributed by atoms with E-state index in [1.165, 1.54) is 0 Å². The standard InChI is InChI=1S/C31H32ClN5OS/c1-19-8-7-9-24(16-19)34-28(38)13-15-36-30(29(35-31(36)39)26-10-5-6-14-33-26)25-17-21(3)37(22(25)4)27-18-23(32)12-11-20(27)2/h5-12,14,16-18,29-30H,13,15H2,1-4H3,(H,34,38)(H,35,39)/t29-,30+/m0/s1. The minimum absolute atomic E-state index is 0.0524. The predicted octanol–water partition coefficient (Wildman–Crippen LogP) is 6.76. The first kappa shape index (κ1) is 26.9. The smallest absolute Gasteiger partial charge is 0.226 e. The molecule has 1 fully saturated rings. The quantitative estimate of drug-likeness (QED) is 0.246. The van der Waals surface area contributed by atoms with Gasteiger partial charge in [-0.1, -0.05) is 35.9 Å². The van der Waals surface area contributed by atoms with Crippen LogP contribution < -0.4 is 10.6 Å². The Hall–Kier alpha value is -3.68. The van der Waals surface area contributed by atoms with Gasteiger partial charge in [0.2, 0.25) is 5.91 Å². The molecule has 0 saturated carbocycles. The van der Waals surface area contributed by atoms with Crippen molar-refractivity contribution in [2.24, 2.45) is 0 Å². The van der Waals surface area contributed by atoms with Crippen LogP contribution in [0.5, 0.6) is 0 Å². The molecule has 8 heteroatoms. The summed E-state index contributed by atoms with van der Waals surface area (Å²) in [7, 11) is 0. The lowest BCUT2D eigenvalue weighted by molar-refractivity contribution is -0.116. The maximum atomic E-state index is 12.9. The van der Waals surface area contributed by atoms with E-state index in [1.54, 1.807) is 6.20 Å². The molecule has 39 heavy (non-hydrogen) atoms. The van der Waals surface area contributed by atoms with Gasteiger partial charge in [-0.2, -0.15) is 0 Å². The summed E-state index contributed by atoms with van der Waals surface area (Å²) >= 11 is 12.2. The molecule has 2 aromatic carbocycles. The number of aromatic nitrogens is 2. The van der Waals surface area contributed by atoms with Crippen LogP contribution in [0.1, 0.15) is 52.3 Å². The monoisotopic (exact) mass is 557 g/mol. The minimum Gasteiger partial charge on any atom is -0.352 e. The Labute approximate surface area is 240 Å². The molecule has 200 valence electrons. The molecule has 1 aliphatic rings. The Balaban J connectivity index is 1.49. The van der Waals surface area contributed by atoms with Crippen LogP contribution in [-0.2, 0) is 4.79 Å². The molecule has 0 radical (unpaired) electrons. The molecule has 6 nitrogen and oxygen atoms in total. The van der Waals surface area contributed by atoms with Crippen molar-refractivity contribution in [3.63, 3.8) is 0 Å². The minimum atomic E-state index is -0.159. The summed E-state index contributed by atoms with van der Waals surface area (Å²) in [6.07, 6.45) is 2.10. The van der Waals surface area contributed by atoms with Gasteiger partial charge >= 0.3 is 0 Å². The van der Waals surface area contributed by atoms with Crippen molar-refractivity contribution in [3.05, 3.63) is 112 Å². The third-order valence-electron chi connectivity index (χ3n) is 7.28. The zero-order valence-electron chi connectivity index (χ0n) is 22.5. The molecule has 1 aliphatic heterocycles. The number of carbonyl (C=O) groups is 1. The van der Waals surface area contributed by atoms with Crippen LogP contribution in [0.15, 0.2) is 72.9 Å². The molecule has 0 aliphatic carbocycles. The number of nitrogens with zero attached hydrogens (tertiary/aromatic N) is 3. The third-order valence-corrected chi connectivity index (χ3v) is 7.87. The Morgan fingerprint density at radius 3 is 2.62 bits per heavy atom. The van der Waals surface area contributed by atoms with Gasteiger partial charge < -0.3 is 20.1 Å². The van der Waals surface area contributed by atoms with E-state index in [1.807, 2.05) is 67.6 Å². The number of hydrogen-bond donors (Lipinski definition) is 2. The van der Waals surface area contributed by atoms with Gasteiger partial charge in [0.25, 0.3) is 0 Å². The fraction of sp³-hybridized carbons (Fsp3) is 0.258. The van der Waals surface area contributed by atoms with E-state index in [9.17, 15) is 4.79 Å². The van der Waals surface area contributed by atoms with E-state index in [4.69, 9.17) is 23.8 Å². The van der Waals surface area contributed by atoms with E-state index in [0.29, 0.717) is 23.1 Å². The maximum Gasteiger partial charge on any atom is 0.226 e. The number of carbonyl (C=O) groups excluding carboxylic acids is 1. The number of hydrogen-bond acceptors (Lipinski definition) is 3. The molecular weight excluding hydrogens is 526 g/mol. The molecule has 0 unspecified atom stereocenters. The molecule has 4 aromatic rings. The second kappa shape index (κ2) is 11.2. The maximum absolute atomic E-state index is 12.9. The Bertz CT molecular complexity index is 1530. The van der Waals surface area contributed by atoms with Crippen molar-refractivity contribution < 1.29 is 4.79 Å². The second-order valence-corrected chi connectivity index (χ2v) is 10.9. The predicted molar refractivity (Wildman–Crippen MR) is 162 cm³/mol. The first-order valence-corrected chi connectivity index (χ1v) is 13.8. The summed E-state index contributed by atoms with van der Waals surface area (Å²) in [4.78, 5) is 19.7. The number of amides is 1. The van der Waals surface area contributed by atoms with Gasteiger partial charge in [-0.25, -0.2) is 0 Å². The van der Waals surface area contributed by atoms with Crippen molar-refractivity contribution in [2.45, 2.75) is 46.2 Å². The van der Waals surface area contributed by atoms with Gasteiger partial charge in [-0.05, 0) is 99.1 Å². The van der Waals surface area contributed by atoms with Crippen LogP contribution in [-0.4, -0.2) is 32.0 Å². The van der Waals surface area contributed by atoms with Gasteiger partial charge in [0, 0.05) is 46.9 Å². The van der Waals surface area contributed by atoms with Crippen LogP contribution in [0.3, 0.4) is 0 Å². The van der Waals surface area contributed by atoms with Crippen molar-refractivity contribution in [3.8, 4) is 5.69 Å². The SMILES string of the molecule is Cc1cccc(NC(=O)CCN2C(=S)N[C@@H](c3ccccn3)[C@H]2c2cc(C)n(-c3cc(Cl)ccc3C)c2C)c1. The van der Waals surface area contributed by atoms with Gasteiger partial charge in [-0.15, -0.1) is 0 Å². The lowest BCUT2D eigenvalue weighted by Crippen LogP contribution is -2.32. The molecule has 1 saturated heterocycles. The fourth-order valence-electron chi connectivity index (χ4n) is 5.43. The highest BCUT2D eigenvalue weighted by Gasteiger charge is 2.41. The van der Waals surface area contributed by atoms with Crippen molar-refractivity contribution in [1.82, 2.24) is 19.8 Å². The van der Waals surface area contributed by atoms with Crippen LogP contribution in [0.4, 0.5) is 5.69 Å². The van der Waals surface area contributed by atoms with E-state index in [2.05, 4.69) is 51.9 Å². The summed E-state index contributed by atoms with van der Waals surface area (Å²) in [6.45, 7) is 8.80. The number of halogens is 1. The molecule has 2 atom stereocenters. The number of rotatable bonds is 7. The van der Waals surface area contributed by atoms with Gasteiger partial charge in [0.15, 0.2) is 5.11 Å². The van der Waals surface area contributed by atoms with Crippen molar-refractivity contribution in [1.29, 1.82) is 0 Å². The number of pyridine rings is 1. The molecule has 5 rings (SSSR count). The first-order valence-electron chi connectivity index (χ1n) is 13.0. The first-order chi connectivity index (χ1) is 18.7. The van der Waals surface area contributed by atoms with Gasteiger partial charge in [0.05, 0.1) is 17.8 Å². The lowest BCUT2D eigenvalue weighted by atomic mass is 9.96. The molecule has 0 bridgehead atoms. The average Bonchev–Trinajstić information content (AvgIpc) is 3.39. The lowest BCUT2D eigenvalue weighted by Gasteiger charge is -2.28. The van der Waals surface area contributed by atoms with Crippen LogP contribution in [0.2, 0.25) is 5.02 Å². The highest BCUT2D eigenvalue weighted by molar-refractivity contribution is 7.80.